The van der Waals surface area contributed by atoms with Crippen LogP contribution < -0.4 is 24.8 Å². The molecule has 1 heterocycles. The second-order valence-corrected chi connectivity index (χ2v) is 13.9. The fourth-order valence-corrected chi connectivity index (χ4v) is 6.38. The molecule has 0 saturated carbocycles. The van der Waals surface area contributed by atoms with Crippen LogP contribution in [0.4, 0.5) is 0 Å². The SMILES string of the molecule is CO.Cc1c(COc2cc(OCc3cncc(C#N)c3)c(CNCCCC(=O)O)cc2Cl)cccc1-c1cccc(OCc2ccc(CNCCCC=O)cc2)c1C. The van der Waals surface area contributed by atoms with E-state index in [9.17, 15) is 14.9 Å². The number of carboxylic acid groups (broad SMARTS) is 1. The Morgan fingerprint density at radius 3 is 2.16 bits per heavy atom. The van der Waals surface area contributed by atoms with E-state index in [0.29, 0.717) is 54.6 Å². The number of halogens is 1. The third kappa shape index (κ3) is 13.7. The van der Waals surface area contributed by atoms with E-state index in [1.165, 1.54) is 11.8 Å². The minimum absolute atomic E-state index is 0.0754. The highest BCUT2D eigenvalue weighted by molar-refractivity contribution is 6.32. The first-order valence-electron chi connectivity index (χ1n) is 19.1. The molecule has 0 aliphatic rings. The summed E-state index contributed by atoms with van der Waals surface area (Å²) in [4.78, 5) is 25.6. The first kappa shape index (κ1) is 44.9. The average molecular weight is 807 g/mol. The minimum Gasteiger partial charge on any atom is -0.489 e. The number of benzene rings is 4. The van der Waals surface area contributed by atoms with Crippen molar-refractivity contribution in [2.24, 2.45) is 0 Å². The molecule has 0 aliphatic carbocycles. The number of carbonyl (C=O) groups excluding carboxylic acids is 1. The number of carbonyl (C=O) groups is 2. The van der Waals surface area contributed by atoms with Gasteiger partial charge < -0.3 is 39.9 Å². The number of aromatic nitrogens is 1. The molecule has 11 nitrogen and oxygen atoms in total. The monoisotopic (exact) mass is 806 g/mol. The standard InChI is InChI=1S/C45H47ClN4O6.CH4O/c1-31-37(8-5-9-39(31)40-10-6-11-42(32(40)2)54-28-34-15-13-33(14-16-34)24-48-17-3-4-19-51)30-56-44-22-43(55-29-36-20-35(23-47)25-50-26-36)38(21-41(44)46)27-49-18-7-12-45(52)53;1-2/h5-6,8-11,13-16,19-22,25-26,48-49H,3-4,7,12,17-18,24,27-30H2,1-2H3,(H,52,53);2H,1H3. The van der Waals surface area contributed by atoms with Crippen molar-refractivity contribution in [3.05, 3.63) is 141 Å². The summed E-state index contributed by atoms with van der Waals surface area (Å²) in [5, 5.41) is 32.3. The highest BCUT2D eigenvalue weighted by Gasteiger charge is 2.16. The topological polar surface area (TPSA) is 163 Å². The first-order valence-corrected chi connectivity index (χ1v) is 19.5. The molecule has 0 fully saturated rings. The predicted molar refractivity (Wildman–Crippen MR) is 225 cm³/mol. The summed E-state index contributed by atoms with van der Waals surface area (Å²) >= 11 is 6.77. The van der Waals surface area contributed by atoms with Crippen molar-refractivity contribution in [1.29, 1.82) is 5.26 Å². The van der Waals surface area contributed by atoms with Gasteiger partial charge in [0.05, 0.1) is 10.6 Å². The van der Waals surface area contributed by atoms with Gasteiger partial charge in [-0.15, -0.1) is 0 Å². The highest BCUT2D eigenvalue weighted by atomic mass is 35.5. The molecule has 5 aromatic rings. The van der Waals surface area contributed by atoms with Crippen LogP contribution in [0.15, 0.2) is 91.3 Å². The summed E-state index contributed by atoms with van der Waals surface area (Å²) in [5.74, 6) is 0.978. The number of aliphatic hydroxyl groups is 1. The third-order valence-corrected chi connectivity index (χ3v) is 9.61. The van der Waals surface area contributed by atoms with Crippen LogP contribution in [0.5, 0.6) is 17.2 Å². The van der Waals surface area contributed by atoms with Crippen LogP contribution in [0.25, 0.3) is 11.1 Å². The van der Waals surface area contributed by atoms with Crippen molar-refractivity contribution < 1.29 is 34.0 Å². The predicted octanol–water partition coefficient (Wildman–Crippen LogP) is 8.26. The average Bonchev–Trinajstić information content (AvgIpc) is 3.24. The zero-order chi connectivity index (χ0) is 41.7. The normalized spacial score (nSPS) is 10.6. The van der Waals surface area contributed by atoms with Gasteiger partial charge >= 0.3 is 5.97 Å². The molecule has 304 valence electrons. The van der Waals surface area contributed by atoms with Crippen molar-refractivity contribution in [3.63, 3.8) is 0 Å². The molecular formula is C46H51ClN4O7. The van der Waals surface area contributed by atoms with Crippen LogP contribution in [0.3, 0.4) is 0 Å². The third-order valence-electron chi connectivity index (χ3n) is 9.32. The molecule has 0 aliphatic heterocycles. The summed E-state index contributed by atoms with van der Waals surface area (Å²) < 4.78 is 18.9. The van der Waals surface area contributed by atoms with Gasteiger partial charge in [-0.3, -0.25) is 9.78 Å². The van der Waals surface area contributed by atoms with Crippen molar-refractivity contribution in [2.75, 3.05) is 20.2 Å². The van der Waals surface area contributed by atoms with Gasteiger partial charge in [-0.05, 0) is 96.9 Å². The van der Waals surface area contributed by atoms with Gasteiger partial charge in [0.1, 0.15) is 49.4 Å². The van der Waals surface area contributed by atoms with Crippen molar-refractivity contribution in [2.45, 2.75) is 72.4 Å². The summed E-state index contributed by atoms with van der Waals surface area (Å²) in [5.41, 5.74) is 9.47. The molecule has 0 atom stereocenters. The molecule has 12 heteroatoms. The van der Waals surface area contributed by atoms with Crippen molar-refractivity contribution in [1.82, 2.24) is 15.6 Å². The summed E-state index contributed by atoms with van der Waals surface area (Å²) in [6.07, 6.45) is 6.08. The molecule has 1 aromatic heterocycles. The Balaban J connectivity index is 0.00000366. The van der Waals surface area contributed by atoms with E-state index >= 15 is 0 Å². The van der Waals surface area contributed by atoms with E-state index in [-0.39, 0.29) is 19.6 Å². The lowest BCUT2D eigenvalue weighted by Gasteiger charge is -2.18. The second-order valence-electron chi connectivity index (χ2n) is 13.4. The molecule has 0 bridgehead atoms. The molecule has 5 rings (SSSR count). The number of ether oxygens (including phenoxy) is 3. The van der Waals surface area contributed by atoms with Crippen LogP contribution >= 0.6 is 11.6 Å². The number of aliphatic hydroxyl groups excluding tert-OH is 1. The van der Waals surface area contributed by atoms with Crippen LogP contribution in [0.2, 0.25) is 5.02 Å². The van der Waals surface area contributed by atoms with E-state index in [1.54, 1.807) is 24.4 Å². The van der Waals surface area contributed by atoms with Gasteiger partial charge in [-0.2, -0.15) is 5.26 Å². The number of aliphatic carboxylic acids is 1. The number of rotatable bonds is 22. The molecule has 4 aromatic carbocycles. The van der Waals surface area contributed by atoms with Gasteiger partial charge in [0.25, 0.3) is 0 Å². The van der Waals surface area contributed by atoms with Crippen LogP contribution in [-0.4, -0.2) is 47.7 Å². The zero-order valence-corrected chi connectivity index (χ0v) is 34.0. The van der Waals surface area contributed by atoms with E-state index < -0.39 is 5.97 Å². The van der Waals surface area contributed by atoms with E-state index in [4.69, 9.17) is 36.0 Å². The summed E-state index contributed by atoms with van der Waals surface area (Å²) in [7, 11) is 1.00. The molecule has 58 heavy (non-hydrogen) atoms. The molecule has 0 unspecified atom stereocenters. The summed E-state index contributed by atoms with van der Waals surface area (Å²) in [6, 6.07) is 28.0. The van der Waals surface area contributed by atoms with Crippen LogP contribution in [-0.2, 0) is 42.5 Å². The Morgan fingerprint density at radius 1 is 0.759 bits per heavy atom. The van der Waals surface area contributed by atoms with Gasteiger partial charge in [0.15, 0.2) is 0 Å². The minimum atomic E-state index is -0.838. The number of nitriles is 1. The number of unbranched alkanes of at least 4 members (excludes halogenated alkanes) is 1. The van der Waals surface area contributed by atoms with Gasteiger partial charge in [-0.25, -0.2) is 0 Å². The maximum absolute atomic E-state index is 10.9. The zero-order valence-electron chi connectivity index (χ0n) is 33.2. The molecule has 0 radical (unpaired) electrons. The number of hydrogen-bond donors (Lipinski definition) is 4. The van der Waals surface area contributed by atoms with Crippen molar-refractivity contribution in [3.8, 4) is 34.4 Å². The number of hydrogen-bond acceptors (Lipinski definition) is 10. The van der Waals surface area contributed by atoms with Gasteiger partial charge in [-0.1, -0.05) is 66.2 Å². The number of nitrogens with one attached hydrogen (secondary N) is 2. The molecule has 0 saturated heterocycles. The Kier molecular flexibility index (Phi) is 18.7. The number of aldehydes is 1. The van der Waals surface area contributed by atoms with E-state index in [0.717, 1.165) is 83.2 Å². The van der Waals surface area contributed by atoms with Crippen LogP contribution in [0.1, 0.15) is 70.2 Å². The number of carboxylic acids is 1. The maximum atomic E-state index is 10.9. The quantitative estimate of drug-likeness (QED) is 0.0393. The Hall–Kier alpha value is -5.77. The second kappa shape index (κ2) is 24.1. The largest absolute Gasteiger partial charge is 0.489 e. The molecule has 0 amide bonds. The lowest BCUT2D eigenvalue weighted by molar-refractivity contribution is -0.137. The Bertz CT molecular complexity index is 2140. The van der Waals surface area contributed by atoms with E-state index in [1.807, 2.05) is 24.3 Å². The number of pyridine rings is 1. The Morgan fingerprint density at radius 2 is 1.41 bits per heavy atom. The molecular weight excluding hydrogens is 756 g/mol. The fraction of sp³-hybridized carbons (Fsp3) is 0.304. The Labute approximate surface area is 345 Å². The maximum Gasteiger partial charge on any atom is 0.303 e. The molecule has 0 spiro atoms. The number of nitrogens with zero attached hydrogens (tertiary/aromatic N) is 2. The fourth-order valence-electron chi connectivity index (χ4n) is 6.14. The lowest BCUT2D eigenvalue weighted by Crippen LogP contribution is -2.16. The lowest BCUT2D eigenvalue weighted by atomic mass is 9.93. The van der Waals surface area contributed by atoms with Crippen molar-refractivity contribution >= 4 is 23.9 Å². The summed E-state index contributed by atoms with van der Waals surface area (Å²) in [6.45, 7) is 7.52. The first-order chi connectivity index (χ1) is 28.2. The van der Waals surface area contributed by atoms with Crippen LogP contribution in [0, 0.1) is 25.2 Å². The highest BCUT2D eigenvalue weighted by Crippen LogP contribution is 2.36. The smallest absolute Gasteiger partial charge is 0.303 e. The van der Waals surface area contributed by atoms with Gasteiger partial charge in [0, 0.05) is 62.6 Å². The van der Waals surface area contributed by atoms with Gasteiger partial charge in [0.2, 0.25) is 0 Å². The van der Waals surface area contributed by atoms with E-state index in [2.05, 4.69) is 71.9 Å². The molecule has 4 N–H and O–H groups in total.